The second-order valence-corrected chi connectivity index (χ2v) is 9.17. The van der Waals surface area contributed by atoms with E-state index in [2.05, 4.69) is 55.2 Å². The molecule has 0 radical (unpaired) electrons. The molecule has 0 bridgehead atoms. The first kappa shape index (κ1) is 23.0. The zero-order valence-electron chi connectivity index (χ0n) is 19.2. The lowest BCUT2D eigenvalue weighted by molar-refractivity contribution is -0.150. The number of aliphatic imine (C=N–C) groups is 1. The van der Waals surface area contributed by atoms with Crippen LogP contribution in [-0.2, 0) is 25.5 Å². The minimum atomic E-state index is -0.443. The quantitative estimate of drug-likeness (QED) is 0.608. The third-order valence-electron chi connectivity index (χ3n) is 5.93. The molecule has 3 aliphatic rings. The summed E-state index contributed by atoms with van der Waals surface area (Å²) in [4.78, 5) is 22.5. The van der Waals surface area contributed by atoms with Crippen molar-refractivity contribution in [1.82, 2.24) is 9.80 Å². The van der Waals surface area contributed by atoms with Crippen molar-refractivity contribution in [2.45, 2.75) is 32.5 Å². The molecule has 0 aliphatic carbocycles. The highest BCUT2D eigenvalue weighted by Gasteiger charge is 2.32. The summed E-state index contributed by atoms with van der Waals surface area (Å²) >= 11 is 0. The van der Waals surface area contributed by atoms with E-state index in [1.807, 2.05) is 11.0 Å². The molecular formula is C25H35N3O4. The fourth-order valence-corrected chi connectivity index (χ4v) is 4.40. The van der Waals surface area contributed by atoms with Gasteiger partial charge in [-0.15, -0.1) is 0 Å². The Balaban J connectivity index is 1.40. The number of ether oxygens (including phenoxy) is 3. The van der Waals surface area contributed by atoms with Gasteiger partial charge in [0.25, 0.3) is 5.91 Å². The highest BCUT2D eigenvalue weighted by molar-refractivity contribution is 5.83. The van der Waals surface area contributed by atoms with Crippen molar-refractivity contribution in [3.05, 3.63) is 48.0 Å². The summed E-state index contributed by atoms with van der Waals surface area (Å²) in [6.07, 6.45) is 3.74. The molecule has 174 valence electrons. The molecule has 0 N–H and O–H groups in total. The number of carbonyl (C=O) groups is 1. The number of carbonyl (C=O) groups excluding carboxylic acids is 1. The van der Waals surface area contributed by atoms with Crippen molar-refractivity contribution in [3.63, 3.8) is 0 Å². The maximum atomic E-state index is 13.5. The van der Waals surface area contributed by atoms with E-state index in [9.17, 15) is 4.79 Å². The minimum Gasteiger partial charge on any atom is -0.478 e. The first-order valence-corrected chi connectivity index (χ1v) is 11.7. The van der Waals surface area contributed by atoms with E-state index in [1.54, 1.807) is 0 Å². The van der Waals surface area contributed by atoms with Gasteiger partial charge in [0, 0.05) is 32.7 Å². The molecule has 3 atom stereocenters. The van der Waals surface area contributed by atoms with Gasteiger partial charge in [-0.3, -0.25) is 9.69 Å². The first-order chi connectivity index (χ1) is 15.6. The third kappa shape index (κ3) is 6.18. The van der Waals surface area contributed by atoms with Crippen LogP contribution in [0.25, 0.3) is 0 Å². The molecule has 0 spiro atoms. The number of hydrogen-bond donors (Lipinski definition) is 0. The second-order valence-electron chi connectivity index (χ2n) is 9.17. The van der Waals surface area contributed by atoms with Crippen LogP contribution in [0, 0.1) is 11.8 Å². The summed E-state index contributed by atoms with van der Waals surface area (Å²) in [7, 11) is 0. The van der Waals surface area contributed by atoms with Crippen molar-refractivity contribution in [3.8, 4) is 0 Å². The van der Waals surface area contributed by atoms with Crippen LogP contribution >= 0.6 is 0 Å². The lowest BCUT2D eigenvalue weighted by Gasteiger charge is -2.36. The Morgan fingerprint density at radius 2 is 2.03 bits per heavy atom. The van der Waals surface area contributed by atoms with Crippen molar-refractivity contribution < 1.29 is 19.0 Å². The van der Waals surface area contributed by atoms with E-state index in [0.29, 0.717) is 52.0 Å². The number of nitrogens with zero attached hydrogens (tertiary/aromatic N) is 3. The molecule has 3 heterocycles. The van der Waals surface area contributed by atoms with Crippen LogP contribution in [0.1, 0.15) is 19.4 Å². The van der Waals surface area contributed by atoms with E-state index < -0.39 is 6.10 Å². The Hall–Kier alpha value is -2.22. The van der Waals surface area contributed by atoms with E-state index in [1.165, 1.54) is 5.56 Å². The number of fused-ring (bicyclic) bond motifs is 1. The average Bonchev–Trinajstić information content (AvgIpc) is 3.04. The van der Waals surface area contributed by atoms with Crippen molar-refractivity contribution in [1.29, 1.82) is 0 Å². The van der Waals surface area contributed by atoms with Gasteiger partial charge in [0.15, 0.2) is 5.90 Å². The van der Waals surface area contributed by atoms with Gasteiger partial charge in [0.1, 0.15) is 12.7 Å². The summed E-state index contributed by atoms with van der Waals surface area (Å²) in [6.45, 7) is 10.0. The van der Waals surface area contributed by atoms with Crippen LogP contribution in [0.4, 0.5) is 0 Å². The Morgan fingerprint density at radius 1 is 1.19 bits per heavy atom. The predicted octanol–water partition coefficient (Wildman–Crippen LogP) is 2.37. The Kier molecular flexibility index (Phi) is 7.95. The summed E-state index contributed by atoms with van der Waals surface area (Å²) in [6, 6.07) is 10.3. The van der Waals surface area contributed by atoms with E-state index in [4.69, 9.17) is 19.2 Å². The van der Waals surface area contributed by atoms with Crippen LogP contribution < -0.4 is 0 Å². The molecule has 7 heteroatoms. The molecule has 0 aromatic heterocycles. The van der Waals surface area contributed by atoms with Gasteiger partial charge in [-0.2, -0.15) is 0 Å². The second kappa shape index (κ2) is 11.1. The minimum absolute atomic E-state index is 0.0531. The maximum Gasteiger partial charge on any atom is 0.253 e. The van der Waals surface area contributed by atoms with Crippen LogP contribution in [0.2, 0.25) is 0 Å². The molecular weight excluding hydrogens is 406 g/mol. The largest absolute Gasteiger partial charge is 0.478 e. The molecule has 2 saturated heterocycles. The summed E-state index contributed by atoms with van der Waals surface area (Å²) in [5, 5.41) is 0. The maximum absolute atomic E-state index is 13.5. The molecule has 2 fully saturated rings. The Bertz CT molecular complexity index is 811. The molecule has 3 unspecified atom stereocenters. The number of hydrogen-bond acceptors (Lipinski definition) is 6. The average molecular weight is 442 g/mol. The Morgan fingerprint density at radius 3 is 2.84 bits per heavy atom. The lowest BCUT2D eigenvalue weighted by atomic mass is 10.0. The Labute approximate surface area is 191 Å². The molecule has 3 aliphatic heterocycles. The van der Waals surface area contributed by atoms with Gasteiger partial charge in [-0.05, 0) is 11.5 Å². The van der Waals surface area contributed by atoms with Gasteiger partial charge >= 0.3 is 0 Å². The monoisotopic (exact) mass is 441 g/mol. The van der Waals surface area contributed by atoms with Gasteiger partial charge < -0.3 is 19.1 Å². The molecule has 7 nitrogen and oxygen atoms in total. The first-order valence-electron chi connectivity index (χ1n) is 11.7. The highest BCUT2D eigenvalue weighted by atomic mass is 16.5. The molecule has 1 amide bonds. The van der Waals surface area contributed by atoms with Gasteiger partial charge in [-0.1, -0.05) is 56.3 Å². The predicted molar refractivity (Wildman–Crippen MR) is 124 cm³/mol. The van der Waals surface area contributed by atoms with Crippen molar-refractivity contribution in [2.75, 3.05) is 52.6 Å². The fourth-order valence-electron chi connectivity index (χ4n) is 4.40. The van der Waals surface area contributed by atoms with Crippen molar-refractivity contribution in [2.24, 2.45) is 16.8 Å². The van der Waals surface area contributed by atoms with E-state index in [-0.39, 0.29) is 17.9 Å². The number of morpholine rings is 1. The van der Waals surface area contributed by atoms with Crippen LogP contribution in [-0.4, -0.2) is 86.4 Å². The van der Waals surface area contributed by atoms with Crippen LogP contribution in [0.3, 0.4) is 0 Å². The number of dihydropyridines is 1. The zero-order chi connectivity index (χ0) is 22.3. The summed E-state index contributed by atoms with van der Waals surface area (Å²) in [5.41, 5.74) is 1.25. The van der Waals surface area contributed by atoms with E-state index in [0.717, 1.165) is 19.0 Å². The van der Waals surface area contributed by atoms with Gasteiger partial charge in [-0.25, -0.2) is 4.99 Å². The third-order valence-corrected chi connectivity index (χ3v) is 5.93. The van der Waals surface area contributed by atoms with Crippen LogP contribution in [0.15, 0.2) is 47.5 Å². The molecule has 0 saturated carbocycles. The normalized spacial score (nSPS) is 26.1. The fraction of sp³-hybridized carbons (Fsp3) is 0.600. The zero-order valence-corrected chi connectivity index (χ0v) is 19.2. The molecule has 1 aromatic carbocycles. The van der Waals surface area contributed by atoms with E-state index >= 15 is 0 Å². The smallest absolute Gasteiger partial charge is 0.253 e. The molecule has 1 aromatic rings. The highest BCUT2D eigenvalue weighted by Crippen LogP contribution is 2.19. The summed E-state index contributed by atoms with van der Waals surface area (Å²) < 4.78 is 17.3. The SMILES string of the molecule is CC(C)CN(CC1C=CC2COCCOC2=N1)C(=O)C1CN(Cc2ccccc2)CCO1. The number of rotatable bonds is 7. The topological polar surface area (TPSA) is 63.6 Å². The van der Waals surface area contributed by atoms with Gasteiger partial charge in [0.2, 0.25) is 0 Å². The van der Waals surface area contributed by atoms with Crippen LogP contribution in [0.5, 0.6) is 0 Å². The lowest BCUT2D eigenvalue weighted by Crippen LogP contribution is -2.52. The van der Waals surface area contributed by atoms with Gasteiger partial charge in [0.05, 0.1) is 31.8 Å². The molecule has 4 rings (SSSR count). The molecule has 32 heavy (non-hydrogen) atoms. The van der Waals surface area contributed by atoms with Crippen molar-refractivity contribution >= 4 is 11.8 Å². The summed E-state index contributed by atoms with van der Waals surface area (Å²) in [5.74, 6) is 1.22. The number of benzene rings is 1. The standard InChI is InChI=1S/C25H35N3O4/c1-19(2)14-28(16-22-9-8-21-18-30-12-13-32-24(21)26-22)25(29)23-17-27(10-11-31-23)15-20-6-4-3-5-7-20/h3-9,19,21-23H,10-18H2,1-2H3. The number of amides is 1.